The van der Waals surface area contributed by atoms with Gasteiger partial charge in [0.1, 0.15) is 11.6 Å². The summed E-state index contributed by atoms with van der Waals surface area (Å²) in [5.41, 5.74) is 3.02. The van der Waals surface area contributed by atoms with E-state index >= 15 is 0 Å². The number of halogens is 3. The second-order valence-electron chi connectivity index (χ2n) is 7.72. The van der Waals surface area contributed by atoms with E-state index in [1.165, 1.54) is 6.20 Å². The molecule has 0 aliphatic heterocycles. The molecule has 3 aromatic heterocycles. The molecule has 5 rings (SSSR count). The van der Waals surface area contributed by atoms with Crippen molar-refractivity contribution in [3.05, 3.63) is 71.2 Å². The highest BCUT2D eigenvalue weighted by atomic mass is 127. The summed E-state index contributed by atoms with van der Waals surface area (Å²) in [6.07, 6.45) is 7.83. The number of benzene rings is 1. The van der Waals surface area contributed by atoms with E-state index in [0.717, 1.165) is 17.7 Å². The highest BCUT2D eigenvalue weighted by Gasteiger charge is 2.45. The summed E-state index contributed by atoms with van der Waals surface area (Å²) in [6.45, 7) is 1.89. The Kier molecular flexibility index (Phi) is 5.86. The van der Waals surface area contributed by atoms with Crippen LogP contribution >= 0.6 is 40.0 Å². The fourth-order valence-corrected chi connectivity index (χ4v) is 5.85. The third-order valence-electron chi connectivity index (χ3n) is 5.74. The fraction of sp³-hybridized carbons (Fsp3) is 0.182. The van der Waals surface area contributed by atoms with E-state index in [9.17, 15) is 9.18 Å². The van der Waals surface area contributed by atoms with Crippen LogP contribution in [0.3, 0.4) is 0 Å². The van der Waals surface area contributed by atoms with E-state index in [0.29, 0.717) is 34.1 Å². The van der Waals surface area contributed by atoms with E-state index in [-0.39, 0.29) is 22.8 Å². The zero-order chi connectivity index (χ0) is 22.4. The van der Waals surface area contributed by atoms with Crippen molar-refractivity contribution in [1.82, 2.24) is 19.5 Å². The summed E-state index contributed by atoms with van der Waals surface area (Å²) < 4.78 is 16.9. The van der Waals surface area contributed by atoms with Crippen molar-refractivity contribution in [1.29, 1.82) is 0 Å². The van der Waals surface area contributed by atoms with E-state index in [1.807, 2.05) is 23.5 Å². The maximum absolute atomic E-state index is 15.0. The number of hydrogen-bond donors (Lipinski definition) is 1. The van der Waals surface area contributed by atoms with Gasteiger partial charge in [0.25, 0.3) is 0 Å². The monoisotopic (exact) mass is 579 g/mol. The van der Waals surface area contributed by atoms with Crippen molar-refractivity contribution in [2.45, 2.75) is 19.3 Å². The molecule has 0 radical (unpaired) electrons. The predicted molar refractivity (Wildman–Crippen MR) is 134 cm³/mol. The summed E-state index contributed by atoms with van der Waals surface area (Å²) in [4.78, 5) is 21.2. The number of carbonyl (C=O) groups excluding carboxylic acids is 1. The normalized spacial score (nSPS) is 17.9. The summed E-state index contributed by atoms with van der Waals surface area (Å²) >= 11 is 8.60. The van der Waals surface area contributed by atoms with Crippen molar-refractivity contribution in [2.75, 3.05) is 5.32 Å². The minimum absolute atomic E-state index is 0.00119. The Labute approximate surface area is 203 Å². The second-order valence-corrected chi connectivity index (χ2v) is 10.1. The average molecular weight is 580 g/mol. The van der Waals surface area contributed by atoms with Crippen LogP contribution < -0.4 is 5.32 Å². The summed E-state index contributed by atoms with van der Waals surface area (Å²) in [7, 11) is 0. The van der Waals surface area contributed by atoms with E-state index in [4.69, 9.17) is 11.6 Å². The molecule has 0 spiro atoms. The summed E-state index contributed by atoms with van der Waals surface area (Å²) in [5, 5.41) is 8.38. The van der Waals surface area contributed by atoms with Gasteiger partial charge in [0.2, 0.25) is 5.91 Å². The zero-order valence-electron chi connectivity index (χ0n) is 16.8. The van der Waals surface area contributed by atoms with Gasteiger partial charge in [-0.05, 0) is 70.6 Å². The van der Waals surface area contributed by atoms with Crippen molar-refractivity contribution < 1.29 is 9.18 Å². The fourth-order valence-electron chi connectivity index (χ4n) is 3.93. The van der Waals surface area contributed by atoms with E-state index in [1.54, 1.807) is 30.7 Å². The second kappa shape index (κ2) is 8.65. The quantitative estimate of drug-likeness (QED) is 0.228. The molecule has 162 valence electrons. The maximum atomic E-state index is 15.0. The number of hydrogen-bond acceptors (Lipinski definition) is 4. The van der Waals surface area contributed by atoms with Crippen molar-refractivity contribution >= 4 is 62.5 Å². The minimum atomic E-state index is -0.512. The van der Waals surface area contributed by atoms with Gasteiger partial charge in [-0.25, -0.2) is 13.8 Å². The van der Waals surface area contributed by atoms with Gasteiger partial charge in [0, 0.05) is 58.8 Å². The molecule has 1 aliphatic carbocycles. The van der Waals surface area contributed by atoms with Crippen molar-refractivity contribution in [2.24, 2.45) is 5.92 Å². The van der Waals surface area contributed by atoms with Crippen LogP contribution in [0.1, 0.15) is 23.6 Å². The number of anilines is 1. The molecule has 1 N–H and O–H groups in total. The number of pyridine rings is 2. The topological polar surface area (TPSA) is 72.7 Å². The molecule has 4 aromatic rings. The lowest BCUT2D eigenvalue weighted by atomic mass is 9.99. The first-order chi connectivity index (χ1) is 15.5. The number of fused-ring (bicyclic) bond motifs is 1. The highest BCUT2D eigenvalue weighted by molar-refractivity contribution is 14.2. The minimum Gasteiger partial charge on any atom is -0.310 e. The molecule has 1 saturated carbocycles. The Morgan fingerprint density at radius 1 is 1.28 bits per heavy atom. The predicted octanol–water partition coefficient (Wildman–Crippen LogP) is 6.13. The number of aryl methyl sites for hydroxylation is 1. The number of aromatic nitrogens is 4. The molecule has 0 bridgehead atoms. The Bertz CT molecular complexity index is 1360. The van der Waals surface area contributed by atoms with Gasteiger partial charge < -0.3 is 5.32 Å². The van der Waals surface area contributed by atoms with Crippen LogP contribution in [0.4, 0.5) is 10.2 Å². The SMILES string of the molecule is Cc1ccncc1-c1cc2cc(NC(=O)[C@H]3C[C@@H]3c3ccnn3PI)ncc2c(Cl)c1F. The third kappa shape index (κ3) is 3.89. The number of nitrogens with zero attached hydrogens (tertiary/aromatic N) is 4. The molecule has 10 heteroatoms. The van der Waals surface area contributed by atoms with Gasteiger partial charge in [-0.1, -0.05) is 11.6 Å². The van der Waals surface area contributed by atoms with E-state index < -0.39 is 5.82 Å². The molecular weight excluding hydrogens is 563 g/mol. The maximum Gasteiger partial charge on any atom is 0.229 e. The van der Waals surface area contributed by atoms with Crippen LogP contribution in [0.2, 0.25) is 5.02 Å². The van der Waals surface area contributed by atoms with Gasteiger partial charge in [-0.3, -0.25) is 9.78 Å². The molecule has 1 aliphatic rings. The molecule has 32 heavy (non-hydrogen) atoms. The van der Waals surface area contributed by atoms with Gasteiger partial charge in [-0.15, -0.1) is 0 Å². The van der Waals surface area contributed by atoms with Gasteiger partial charge >= 0.3 is 0 Å². The lowest BCUT2D eigenvalue weighted by Gasteiger charge is -2.12. The molecule has 6 nitrogen and oxygen atoms in total. The molecule has 0 saturated heterocycles. The van der Waals surface area contributed by atoms with Crippen LogP contribution in [0.15, 0.2) is 49.1 Å². The summed E-state index contributed by atoms with van der Waals surface area (Å²) in [6, 6.07) is 7.23. The van der Waals surface area contributed by atoms with Gasteiger partial charge in [0.05, 0.1) is 11.4 Å². The average Bonchev–Trinajstić information content (AvgIpc) is 3.45. The first-order valence-electron chi connectivity index (χ1n) is 9.88. The van der Waals surface area contributed by atoms with Crippen LogP contribution in [0.25, 0.3) is 21.9 Å². The van der Waals surface area contributed by atoms with Crippen molar-refractivity contribution in [3.63, 3.8) is 0 Å². The van der Waals surface area contributed by atoms with Crippen LogP contribution in [0.5, 0.6) is 0 Å². The standard InChI is InChI=1S/C22H17ClFIN5OP/c1-11-2-4-26-9-16(11)14-6-12-7-19(27-10-17(12)20(23)21(14)24)29-22(31)15-8-13(15)18-3-5-28-30(18)32-25/h2-7,9-10,13,15,32H,8H2,1H3,(H,27,29,31)/t13-,15-/m0/s1. The first-order valence-corrected chi connectivity index (χ1v) is 14.3. The molecule has 1 fully saturated rings. The van der Waals surface area contributed by atoms with Crippen LogP contribution in [0, 0.1) is 18.7 Å². The van der Waals surface area contributed by atoms with Crippen molar-refractivity contribution in [3.8, 4) is 11.1 Å². The number of amides is 1. The molecular formula is C22H17ClFIN5OP. The van der Waals surface area contributed by atoms with Gasteiger partial charge in [0.15, 0.2) is 0 Å². The van der Waals surface area contributed by atoms with E-state index in [2.05, 4.69) is 42.4 Å². The Morgan fingerprint density at radius 3 is 2.91 bits per heavy atom. The molecule has 1 unspecified atom stereocenters. The zero-order valence-corrected chi connectivity index (χ0v) is 20.7. The summed E-state index contributed by atoms with van der Waals surface area (Å²) in [5.74, 6) is -0.121. The number of carbonyl (C=O) groups is 1. The lowest BCUT2D eigenvalue weighted by Crippen LogP contribution is -2.15. The molecule has 3 heterocycles. The van der Waals surface area contributed by atoms with Crippen LogP contribution in [-0.2, 0) is 4.79 Å². The Hall–Kier alpha value is -2.16. The van der Waals surface area contributed by atoms with Gasteiger partial charge in [-0.2, -0.15) is 5.10 Å². The molecule has 1 amide bonds. The molecule has 3 atom stereocenters. The largest absolute Gasteiger partial charge is 0.310 e. The third-order valence-corrected chi connectivity index (χ3v) is 8.02. The Morgan fingerprint density at radius 2 is 2.12 bits per heavy atom. The number of nitrogens with one attached hydrogen (secondary N) is 1. The lowest BCUT2D eigenvalue weighted by molar-refractivity contribution is -0.117. The van der Waals surface area contributed by atoms with Crippen LogP contribution in [-0.4, -0.2) is 25.4 Å². The Balaban J connectivity index is 1.43. The number of rotatable bonds is 5. The highest BCUT2D eigenvalue weighted by Crippen LogP contribution is 2.49. The molecule has 1 aromatic carbocycles. The first kappa shape index (κ1) is 21.7. The smallest absolute Gasteiger partial charge is 0.229 e.